The topological polar surface area (TPSA) is 82.4 Å². The number of furan rings is 1. The fraction of sp³-hybridized carbons (Fsp3) is 0.476. The minimum Gasteiger partial charge on any atom is -0.459 e. The van der Waals surface area contributed by atoms with Crippen LogP contribution in [0.25, 0.3) is 10.2 Å². The normalized spacial score (nSPS) is 20.2. The minimum absolute atomic E-state index is 0.0105. The fourth-order valence-corrected chi connectivity index (χ4v) is 5.75. The molecule has 0 radical (unpaired) electrons. The summed E-state index contributed by atoms with van der Waals surface area (Å²) in [5.41, 5.74) is 1.21. The minimum atomic E-state index is -0.0685. The number of fused-ring (bicyclic) bond motifs is 3. The second-order valence-corrected chi connectivity index (χ2v) is 9.17. The first-order chi connectivity index (χ1) is 14.1. The van der Waals surface area contributed by atoms with Gasteiger partial charge in [-0.1, -0.05) is 6.92 Å². The van der Waals surface area contributed by atoms with E-state index in [4.69, 9.17) is 9.40 Å². The average molecular weight is 413 g/mol. The van der Waals surface area contributed by atoms with Gasteiger partial charge in [0.05, 0.1) is 18.2 Å². The van der Waals surface area contributed by atoms with Crippen LogP contribution in [0.2, 0.25) is 0 Å². The Kier molecular flexibility index (Phi) is 4.75. The number of piperazine rings is 1. The molecule has 8 heteroatoms. The van der Waals surface area contributed by atoms with Gasteiger partial charge in [0.25, 0.3) is 11.5 Å². The lowest BCUT2D eigenvalue weighted by Crippen LogP contribution is -2.48. The number of thiophene rings is 1. The van der Waals surface area contributed by atoms with Crippen LogP contribution in [0.5, 0.6) is 0 Å². The largest absolute Gasteiger partial charge is 0.459 e. The predicted octanol–water partition coefficient (Wildman–Crippen LogP) is 2.66. The lowest BCUT2D eigenvalue weighted by Gasteiger charge is -2.33. The summed E-state index contributed by atoms with van der Waals surface area (Å²) >= 11 is 1.68. The van der Waals surface area contributed by atoms with Crippen LogP contribution in [-0.2, 0) is 19.4 Å². The number of carbonyl (C=O) groups is 1. The Morgan fingerprint density at radius 3 is 2.93 bits per heavy atom. The van der Waals surface area contributed by atoms with Gasteiger partial charge in [0.15, 0.2) is 5.76 Å². The van der Waals surface area contributed by atoms with E-state index in [-0.39, 0.29) is 11.5 Å². The highest BCUT2D eigenvalue weighted by atomic mass is 32.1. The van der Waals surface area contributed by atoms with Crippen molar-refractivity contribution in [2.75, 3.05) is 26.2 Å². The van der Waals surface area contributed by atoms with Crippen LogP contribution in [0, 0.1) is 5.92 Å². The maximum atomic E-state index is 12.8. The maximum absolute atomic E-state index is 12.8. The zero-order valence-corrected chi connectivity index (χ0v) is 17.3. The van der Waals surface area contributed by atoms with Gasteiger partial charge in [-0.3, -0.25) is 14.5 Å². The fourth-order valence-electron chi connectivity index (χ4n) is 4.35. The average Bonchev–Trinajstić information content (AvgIpc) is 3.35. The molecule has 1 fully saturated rings. The summed E-state index contributed by atoms with van der Waals surface area (Å²) in [6.07, 6.45) is 4.69. The van der Waals surface area contributed by atoms with Crippen LogP contribution in [0.3, 0.4) is 0 Å². The van der Waals surface area contributed by atoms with Gasteiger partial charge in [-0.15, -0.1) is 11.3 Å². The van der Waals surface area contributed by atoms with E-state index in [1.165, 1.54) is 16.7 Å². The number of hydrogen-bond acceptors (Lipinski definition) is 6. The molecule has 0 saturated carbocycles. The molecule has 2 aliphatic rings. The number of aromatic nitrogens is 2. The molecule has 1 N–H and O–H groups in total. The molecule has 3 aromatic rings. The van der Waals surface area contributed by atoms with Crippen LogP contribution in [0.1, 0.15) is 40.2 Å². The second kappa shape index (κ2) is 7.42. The molecule has 0 spiro atoms. The summed E-state index contributed by atoms with van der Waals surface area (Å²) in [5.74, 6) is 1.70. The predicted molar refractivity (Wildman–Crippen MR) is 111 cm³/mol. The first-order valence-electron chi connectivity index (χ1n) is 10.2. The summed E-state index contributed by atoms with van der Waals surface area (Å²) in [4.78, 5) is 39.2. The molecule has 0 aromatic carbocycles. The van der Waals surface area contributed by atoms with E-state index < -0.39 is 0 Å². The molecular formula is C21H24N4O3S. The molecule has 29 heavy (non-hydrogen) atoms. The highest BCUT2D eigenvalue weighted by molar-refractivity contribution is 7.18. The van der Waals surface area contributed by atoms with Crippen molar-refractivity contribution in [2.24, 2.45) is 5.92 Å². The summed E-state index contributed by atoms with van der Waals surface area (Å²) in [7, 11) is 0. The lowest BCUT2D eigenvalue weighted by atomic mass is 9.89. The van der Waals surface area contributed by atoms with Gasteiger partial charge in [0.1, 0.15) is 10.7 Å². The molecule has 1 amide bonds. The third-order valence-corrected chi connectivity index (χ3v) is 7.13. The number of H-pyrrole nitrogens is 1. The van der Waals surface area contributed by atoms with E-state index >= 15 is 0 Å². The van der Waals surface area contributed by atoms with Crippen LogP contribution in [0.4, 0.5) is 0 Å². The molecule has 152 valence electrons. The summed E-state index contributed by atoms with van der Waals surface area (Å²) in [5, 5.41) is 0.800. The van der Waals surface area contributed by atoms with E-state index in [0.717, 1.165) is 42.6 Å². The number of nitrogens with zero attached hydrogens (tertiary/aromatic N) is 3. The van der Waals surface area contributed by atoms with Gasteiger partial charge in [0.2, 0.25) is 0 Å². The smallest absolute Gasteiger partial charge is 0.289 e. The van der Waals surface area contributed by atoms with Crippen molar-refractivity contribution in [3.63, 3.8) is 0 Å². The Morgan fingerprint density at radius 1 is 1.34 bits per heavy atom. The Labute approximate surface area is 172 Å². The van der Waals surface area contributed by atoms with Crippen LogP contribution < -0.4 is 5.56 Å². The SMILES string of the molecule is C[C@H]1CCc2c(sc3nc(CN4CCN(C(=O)c5ccco5)CC4)[nH]c(=O)c23)C1. The Morgan fingerprint density at radius 2 is 2.17 bits per heavy atom. The molecule has 1 atom stereocenters. The Hall–Kier alpha value is -2.45. The number of aromatic amines is 1. The summed E-state index contributed by atoms with van der Waals surface area (Å²) in [6.45, 7) is 5.62. The van der Waals surface area contributed by atoms with E-state index in [1.54, 1.807) is 23.5 Å². The van der Waals surface area contributed by atoms with Crippen molar-refractivity contribution < 1.29 is 9.21 Å². The zero-order valence-electron chi connectivity index (χ0n) is 16.4. The second-order valence-electron chi connectivity index (χ2n) is 8.09. The first kappa shape index (κ1) is 18.6. The number of aryl methyl sites for hydroxylation is 1. The Bertz CT molecular complexity index is 1090. The van der Waals surface area contributed by atoms with Gasteiger partial charge in [-0.25, -0.2) is 4.98 Å². The molecule has 1 aliphatic heterocycles. The van der Waals surface area contributed by atoms with E-state index in [0.29, 0.717) is 37.1 Å². The van der Waals surface area contributed by atoms with E-state index in [1.807, 2.05) is 4.90 Å². The molecule has 5 rings (SSSR count). The van der Waals surface area contributed by atoms with Crippen molar-refractivity contribution in [3.8, 4) is 0 Å². The van der Waals surface area contributed by atoms with Gasteiger partial charge in [-0.05, 0) is 42.9 Å². The zero-order chi connectivity index (χ0) is 20.0. The number of nitrogens with one attached hydrogen (secondary N) is 1. The number of rotatable bonds is 3. The molecule has 1 saturated heterocycles. The molecule has 4 heterocycles. The van der Waals surface area contributed by atoms with Gasteiger partial charge in [-0.2, -0.15) is 0 Å². The monoisotopic (exact) mass is 412 g/mol. The number of amides is 1. The van der Waals surface area contributed by atoms with E-state index in [9.17, 15) is 9.59 Å². The lowest BCUT2D eigenvalue weighted by molar-refractivity contribution is 0.0595. The third-order valence-electron chi connectivity index (χ3n) is 5.98. The van der Waals surface area contributed by atoms with Crippen molar-refractivity contribution in [2.45, 2.75) is 32.7 Å². The summed E-state index contributed by atoms with van der Waals surface area (Å²) < 4.78 is 5.21. The van der Waals surface area contributed by atoms with Crippen LogP contribution in [0.15, 0.2) is 27.6 Å². The molecule has 3 aromatic heterocycles. The van der Waals surface area contributed by atoms with Crippen molar-refractivity contribution >= 4 is 27.5 Å². The highest BCUT2D eigenvalue weighted by Crippen LogP contribution is 2.35. The molecular weight excluding hydrogens is 388 g/mol. The highest BCUT2D eigenvalue weighted by Gasteiger charge is 2.26. The van der Waals surface area contributed by atoms with Crippen molar-refractivity contribution in [3.05, 3.63) is 50.8 Å². The van der Waals surface area contributed by atoms with Crippen molar-refractivity contribution in [1.82, 2.24) is 19.8 Å². The molecule has 0 bridgehead atoms. The first-order valence-corrected chi connectivity index (χ1v) is 11.0. The molecule has 0 unspecified atom stereocenters. The maximum Gasteiger partial charge on any atom is 0.289 e. The quantitative estimate of drug-likeness (QED) is 0.715. The van der Waals surface area contributed by atoms with Crippen molar-refractivity contribution in [1.29, 1.82) is 0 Å². The molecule has 7 nitrogen and oxygen atoms in total. The van der Waals surface area contributed by atoms with Gasteiger partial charge < -0.3 is 14.3 Å². The van der Waals surface area contributed by atoms with Crippen LogP contribution in [-0.4, -0.2) is 51.9 Å². The van der Waals surface area contributed by atoms with Gasteiger partial charge >= 0.3 is 0 Å². The third kappa shape index (κ3) is 3.51. The van der Waals surface area contributed by atoms with E-state index in [2.05, 4.69) is 16.8 Å². The summed E-state index contributed by atoms with van der Waals surface area (Å²) in [6, 6.07) is 3.42. The number of carbonyl (C=O) groups excluding carboxylic acids is 1. The molecule has 1 aliphatic carbocycles. The van der Waals surface area contributed by atoms with Crippen LogP contribution >= 0.6 is 11.3 Å². The number of hydrogen-bond donors (Lipinski definition) is 1. The van der Waals surface area contributed by atoms with Gasteiger partial charge in [0, 0.05) is 31.1 Å². The standard InChI is InChI=1S/C21H24N4O3S/c1-13-4-5-14-16(11-13)29-20-18(14)19(26)22-17(23-20)12-24-6-8-25(9-7-24)21(27)15-3-2-10-28-15/h2-3,10,13H,4-9,11-12H2,1H3,(H,22,23,26)/t13-/m0/s1. The Balaban J connectivity index is 1.29.